The summed E-state index contributed by atoms with van der Waals surface area (Å²) in [6.07, 6.45) is 0. The van der Waals surface area contributed by atoms with Gasteiger partial charge in [0.05, 0.1) is 12.7 Å². The molecule has 1 heterocycles. The lowest BCUT2D eigenvalue weighted by molar-refractivity contribution is 0.0698. The number of fused-ring (bicyclic) bond motifs is 1. The molecule has 1 N–H and O–H groups in total. The lowest BCUT2D eigenvalue weighted by Crippen LogP contribution is -2.00. The summed E-state index contributed by atoms with van der Waals surface area (Å²) in [7, 11) is 1.48. The number of methoxy groups -OCH3 is 1. The minimum atomic E-state index is -1.01. The molecule has 0 aliphatic carbocycles. The summed E-state index contributed by atoms with van der Waals surface area (Å²) in [5, 5.41) is 17.2. The summed E-state index contributed by atoms with van der Waals surface area (Å²) in [6, 6.07) is 6.56. The van der Waals surface area contributed by atoms with Crippen molar-refractivity contribution in [3.05, 3.63) is 29.8 Å². The number of hydrogen-bond donors (Lipinski definition) is 1. The highest BCUT2D eigenvalue weighted by molar-refractivity contribution is 6.01. The van der Waals surface area contributed by atoms with Gasteiger partial charge in [-0.05, 0) is 6.07 Å². The molecule has 0 aliphatic heterocycles. The molecule has 0 amide bonds. The van der Waals surface area contributed by atoms with Gasteiger partial charge in [0, 0.05) is 11.5 Å². The summed E-state index contributed by atoms with van der Waals surface area (Å²) in [5.41, 5.74) is 0.508. The predicted molar refractivity (Wildman–Crippen MR) is 53.0 cm³/mol. The van der Waals surface area contributed by atoms with Crippen molar-refractivity contribution in [3.8, 4) is 5.88 Å². The second kappa shape index (κ2) is 3.53. The second-order valence-corrected chi connectivity index (χ2v) is 2.94. The van der Waals surface area contributed by atoms with Crippen molar-refractivity contribution in [2.75, 3.05) is 7.11 Å². The van der Waals surface area contributed by atoms with Gasteiger partial charge in [-0.25, -0.2) is 4.79 Å². The fraction of sp³-hybridized carbons (Fsp3) is 0.100. The van der Waals surface area contributed by atoms with Gasteiger partial charge in [-0.1, -0.05) is 12.1 Å². The molecule has 2 aromatic rings. The Morgan fingerprint density at radius 3 is 2.87 bits per heavy atom. The molecule has 0 fully saturated rings. The van der Waals surface area contributed by atoms with E-state index in [0.717, 1.165) is 0 Å². The highest BCUT2D eigenvalue weighted by atomic mass is 16.5. The monoisotopic (exact) mass is 204 g/mol. The van der Waals surface area contributed by atoms with Crippen molar-refractivity contribution < 1.29 is 14.6 Å². The average Bonchev–Trinajstić information content (AvgIpc) is 2.27. The highest BCUT2D eigenvalue weighted by Crippen LogP contribution is 2.18. The van der Waals surface area contributed by atoms with E-state index in [1.165, 1.54) is 13.2 Å². The predicted octanol–water partition coefficient (Wildman–Crippen LogP) is 1.34. The normalized spacial score (nSPS) is 10.2. The Morgan fingerprint density at radius 2 is 2.20 bits per heavy atom. The van der Waals surface area contributed by atoms with Crippen LogP contribution in [0.25, 0.3) is 10.9 Å². The van der Waals surface area contributed by atoms with Crippen LogP contribution in [0, 0.1) is 0 Å². The lowest BCUT2D eigenvalue weighted by Gasteiger charge is -2.02. The van der Waals surface area contributed by atoms with Crippen molar-refractivity contribution >= 4 is 16.9 Å². The van der Waals surface area contributed by atoms with Crippen LogP contribution in [0.15, 0.2) is 24.3 Å². The van der Waals surface area contributed by atoms with Crippen LogP contribution in [0.4, 0.5) is 0 Å². The van der Waals surface area contributed by atoms with Gasteiger partial charge < -0.3 is 9.84 Å². The van der Waals surface area contributed by atoms with Crippen molar-refractivity contribution in [1.29, 1.82) is 0 Å². The van der Waals surface area contributed by atoms with Crippen LogP contribution in [0.5, 0.6) is 5.88 Å². The molecule has 2 rings (SSSR count). The van der Waals surface area contributed by atoms with E-state index in [-0.39, 0.29) is 5.56 Å². The zero-order chi connectivity index (χ0) is 10.8. The van der Waals surface area contributed by atoms with Crippen LogP contribution in [0.2, 0.25) is 0 Å². The van der Waals surface area contributed by atoms with Gasteiger partial charge in [0.2, 0.25) is 5.88 Å². The van der Waals surface area contributed by atoms with Crippen LogP contribution in [-0.2, 0) is 0 Å². The number of carbonyl (C=O) groups is 1. The highest BCUT2D eigenvalue weighted by Gasteiger charge is 2.10. The summed E-state index contributed by atoms with van der Waals surface area (Å²) in [6.45, 7) is 0. The van der Waals surface area contributed by atoms with Crippen molar-refractivity contribution in [2.45, 2.75) is 0 Å². The zero-order valence-electron chi connectivity index (χ0n) is 7.97. The van der Waals surface area contributed by atoms with E-state index < -0.39 is 5.97 Å². The van der Waals surface area contributed by atoms with Crippen LogP contribution >= 0.6 is 0 Å². The molecule has 76 valence electrons. The molecule has 5 heteroatoms. The molecule has 5 nitrogen and oxygen atoms in total. The van der Waals surface area contributed by atoms with Crippen molar-refractivity contribution in [3.63, 3.8) is 0 Å². The number of hydrogen-bond acceptors (Lipinski definition) is 4. The molecule has 0 unspecified atom stereocenters. The summed E-state index contributed by atoms with van der Waals surface area (Å²) < 4.78 is 4.90. The molecular weight excluding hydrogens is 196 g/mol. The van der Waals surface area contributed by atoms with Crippen LogP contribution in [0.1, 0.15) is 10.4 Å². The molecule has 0 aliphatic rings. The minimum Gasteiger partial charge on any atom is -0.480 e. The van der Waals surface area contributed by atoms with E-state index in [1.54, 1.807) is 18.2 Å². The molecule has 15 heavy (non-hydrogen) atoms. The van der Waals surface area contributed by atoms with Crippen LogP contribution in [-0.4, -0.2) is 28.4 Å². The van der Waals surface area contributed by atoms with Crippen LogP contribution in [0.3, 0.4) is 0 Å². The van der Waals surface area contributed by atoms with Gasteiger partial charge in [-0.15, -0.1) is 10.2 Å². The Labute approximate surface area is 85.3 Å². The number of aromatic nitrogens is 2. The SMILES string of the molecule is COc1cc2cccc(C(=O)O)c2nn1. The van der Waals surface area contributed by atoms with Gasteiger partial charge in [-0.3, -0.25) is 0 Å². The first-order valence-corrected chi connectivity index (χ1v) is 4.26. The van der Waals surface area contributed by atoms with Crippen molar-refractivity contribution in [1.82, 2.24) is 10.2 Å². The molecule has 0 saturated heterocycles. The van der Waals surface area contributed by atoms with E-state index in [4.69, 9.17) is 9.84 Å². The molecule has 0 spiro atoms. The number of ether oxygens (including phenoxy) is 1. The smallest absolute Gasteiger partial charge is 0.337 e. The largest absolute Gasteiger partial charge is 0.480 e. The third-order valence-electron chi connectivity index (χ3n) is 2.03. The average molecular weight is 204 g/mol. The first kappa shape index (κ1) is 9.39. The standard InChI is InChI=1S/C10H8N2O3/c1-15-8-5-6-3-2-4-7(10(13)14)9(6)12-11-8/h2-5H,1H3,(H,13,14). The molecule has 0 saturated carbocycles. The van der Waals surface area contributed by atoms with Gasteiger partial charge in [0.25, 0.3) is 0 Å². The Balaban J connectivity index is 2.72. The van der Waals surface area contributed by atoms with Crippen molar-refractivity contribution in [2.24, 2.45) is 0 Å². The number of benzene rings is 1. The van der Waals surface area contributed by atoms with Gasteiger partial charge in [0.15, 0.2) is 0 Å². The maximum Gasteiger partial charge on any atom is 0.337 e. The first-order valence-electron chi connectivity index (χ1n) is 4.26. The van der Waals surface area contributed by atoms with E-state index >= 15 is 0 Å². The van der Waals surface area contributed by atoms with E-state index in [9.17, 15) is 4.79 Å². The molecular formula is C10H8N2O3. The van der Waals surface area contributed by atoms with Gasteiger partial charge in [0.1, 0.15) is 5.52 Å². The second-order valence-electron chi connectivity index (χ2n) is 2.94. The first-order chi connectivity index (χ1) is 7.22. The fourth-order valence-corrected chi connectivity index (χ4v) is 1.32. The Hall–Kier alpha value is -2.17. The third-order valence-corrected chi connectivity index (χ3v) is 2.03. The number of carboxylic acid groups (broad SMARTS) is 1. The number of carboxylic acids is 1. The number of nitrogens with zero attached hydrogens (tertiary/aromatic N) is 2. The quantitative estimate of drug-likeness (QED) is 0.799. The van der Waals surface area contributed by atoms with E-state index in [2.05, 4.69) is 10.2 Å². The Morgan fingerprint density at radius 1 is 1.40 bits per heavy atom. The molecule has 0 bridgehead atoms. The van der Waals surface area contributed by atoms with Gasteiger partial charge in [-0.2, -0.15) is 0 Å². The maximum absolute atomic E-state index is 10.9. The summed E-state index contributed by atoms with van der Waals surface area (Å²) >= 11 is 0. The third kappa shape index (κ3) is 1.59. The maximum atomic E-state index is 10.9. The minimum absolute atomic E-state index is 0.141. The zero-order valence-corrected chi connectivity index (χ0v) is 7.97. The number of rotatable bonds is 2. The fourth-order valence-electron chi connectivity index (χ4n) is 1.32. The Kier molecular flexibility index (Phi) is 2.21. The lowest BCUT2D eigenvalue weighted by atomic mass is 10.1. The van der Waals surface area contributed by atoms with E-state index in [1.807, 2.05) is 0 Å². The molecule has 1 aromatic heterocycles. The molecule has 0 radical (unpaired) electrons. The number of aromatic carboxylic acids is 1. The summed E-state index contributed by atoms with van der Waals surface area (Å²) in [4.78, 5) is 10.9. The summed E-state index contributed by atoms with van der Waals surface area (Å²) in [5.74, 6) is -0.648. The van der Waals surface area contributed by atoms with E-state index in [0.29, 0.717) is 16.8 Å². The molecule has 0 atom stereocenters. The topological polar surface area (TPSA) is 72.3 Å². The van der Waals surface area contributed by atoms with Crippen LogP contribution < -0.4 is 4.74 Å². The van der Waals surface area contributed by atoms with Gasteiger partial charge >= 0.3 is 5.97 Å². The molecule has 1 aromatic carbocycles. The Bertz CT molecular complexity index is 525.